The molecule has 0 aliphatic carbocycles. The number of aromatic amines is 1. The van der Waals surface area contributed by atoms with Crippen LogP contribution in [0.2, 0.25) is 0 Å². The lowest BCUT2D eigenvalue weighted by atomic mass is 10.1. The Labute approximate surface area is 128 Å². The van der Waals surface area contributed by atoms with Crippen molar-refractivity contribution in [1.82, 2.24) is 15.0 Å². The second kappa shape index (κ2) is 6.18. The van der Waals surface area contributed by atoms with Gasteiger partial charge in [-0.25, -0.2) is 9.97 Å². The zero-order chi connectivity index (χ0) is 15.5. The molecule has 118 valence electrons. The molecule has 0 aromatic carbocycles. The number of aliphatic imine (C=N–C) groups is 1. The molecule has 5 N–H and O–H groups in total. The summed E-state index contributed by atoms with van der Waals surface area (Å²) in [6.45, 7) is 5.54. The van der Waals surface area contributed by atoms with Crippen LogP contribution < -0.4 is 16.4 Å². The van der Waals surface area contributed by atoms with E-state index in [4.69, 9.17) is 16.2 Å². The molecule has 1 saturated heterocycles. The molecule has 2 aromatic heterocycles. The number of H-pyrrole nitrogens is 1. The van der Waals surface area contributed by atoms with Crippen LogP contribution in [-0.2, 0) is 4.74 Å². The molecule has 1 aliphatic heterocycles. The molecule has 0 amide bonds. The van der Waals surface area contributed by atoms with Crippen LogP contribution in [-0.4, -0.2) is 53.6 Å². The van der Waals surface area contributed by atoms with E-state index in [-0.39, 0.29) is 0 Å². The Balaban J connectivity index is 2.12. The van der Waals surface area contributed by atoms with Crippen LogP contribution in [0.3, 0.4) is 0 Å². The van der Waals surface area contributed by atoms with Gasteiger partial charge in [-0.15, -0.1) is 0 Å². The van der Waals surface area contributed by atoms with Crippen molar-refractivity contribution in [2.75, 3.05) is 43.5 Å². The third-order valence-corrected chi connectivity index (χ3v) is 3.66. The topological polar surface area (TPSA) is 118 Å². The monoisotopic (exact) mass is 303 g/mol. The highest BCUT2D eigenvalue weighted by molar-refractivity contribution is 6.12. The first-order chi connectivity index (χ1) is 10.7. The van der Waals surface area contributed by atoms with Crippen LogP contribution in [0.4, 0.5) is 11.5 Å². The third kappa shape index (κ3) is 2.57. The molecule has 3 rings (SSSR count). The van der Waals surface area contributed by atoms with Crippen LogP contribution in [0.1, 0.15) is 18.9 Å². The average Bonchev–Trinajstić information content (AvgIpc) is 3.00. The summed E-state index contributed by atoms with van der Waals surface area (Å²) in [5.74, 6) is 1.12. The van der Waals surface area contributed by atoms with Gasteiger partial charge in [0.05, 0.1) is 36.3 Å². The van der Waals surface area contributed by atoms with Crippen LogP contribution in [0.25, 0.3) is 11.2 Å². The highest BCUT2D eigenvalue weighted by atomic mass is 16.5. The number of pyridine rings is 1. The Kier molecular flexibility index (Phi) is 4.10. The summed E-state index contributed by atoms with van der Waals surface area (Å²) >= 11 is 0. The summed E-state index contributed by atoms with van der Waals surface area (Å²) < 4.78 is 5.38. The van der Waals surface area contributed by atoms with Crippen LogP contribution in [0.5, 0.6) is 0 Å². The summed E-state index contributed by atoms with van der Waals surface area (Å²) in [7, 11) is 0. The number of fused-ring (bicyclic) bond motifs is 1. The number of nitrogens with two attached hydrogens (primary N) is 2. The SMILES string of the molecule is CCCN=C(N)c1c(N)c(N2CCOCC2)nc2nc[nH]c12. The highest BCUT2D eigenvalue weighted by Gasteiger charge is 2.22. The predicted molar refractivity (Wildman–Crippen MR) is 87.2 cm³/mol. The van der Waals surface area contributed by atoms with E-state index in [0.29, 0.717) is 48.3 Å². The minimum absolute atomic E-state index is 0.422. The molecular formula is C14H21N7O. The number of nitrogens with one attached hydrogen (secondary N) is 1. The maximum atomic E-state index is 6.36. The number of anilines is 2. The van der Waals surface area contributed by atoms with E-state index < -0.39 is 0 Å². The molecule has 0 saturated carbocycles. The van der Waals surface area contributed by atoms with Gasteiger partial charge in [-0.1, -0.05) is 6.92 Å². The molecule has 2 aromatic rings. The fourth-order valence-corrected chi connectivity index (χ4v) is 2.56. The van der Waals surface area contributed by atoms with Crippen LogP contribution in [0, 0.1) is 0 Å². The van der Waals surface area contributed by atoms with Gasteiger partial charge in [-0.05, 0) is 6.42 Å². The van der Waals surface area contributed by atoms with Crippen LogP contribution >= 0.6 is 0 Å². The molecule has 0 bridgehead atoms. The highest BCUT2D eigenvalue weighted by Crippen LogP contribution is 2.30. The number of hydrogen-bond donors (Lipinski definition) is 3. The molecule has 1 fully saturated rings. The minimum atomic E-state index is 0.422. The smallest absolute Gasteiger partial charge is 0.180 e. The Bertz CT molecular complexity index is 688. The standard InChI is InChI=1S/C14H21N7O/c1-2-3-17-12(16)9-10(15)14(21-4-6-22-7-5-21)20-13-11(9)18-8-19-13/h8H,2-7,15H2,1H3,(H2,16,17)(H,18,19,20). The predicted octanol–water partition coefficient (Wildman–Crippen LogP) is 0.492. The van der Waals surface area contributed by atoms with Gasteiger partial charge in [0.25, 0.3) is 0 Å². The number of morpholine rings is 1. The van der Waals surface area contributed by atoms with Gasteiger partial charge in [0.15, 0.2) is 11.5 Å². The lowest BCUT2D eigenvalue weighted by molar-refractivity contribution is 0.122. The van der Waals surface area contributed by atoms with E-state index in [1.165, 1.54) is 0 Å². The lowest BCUT2D eigenvalue weighted by Gasteiger charge is -2.29. The number of amidine groups is 1. The molecule has 0 spiro atoms. The molecule has 0 radical (unpaired) electrons. The second-order valence-electron chi connectivity index (χ2n) is 5.19. The molecule has 8 heteroatoms. The number of ether oxygens (including phenoxy) is 1. The molecule has 22 heavy (non-hydrogen) atoms. The normalized spacial score (nSPS) is 16.4. The molecule has 8 nitrogen and oxygen atoms in total. The zero-order valence-corrected chi connectivity index (χ0v) is 12.7. The number of hydrogen-bond acceptors (Lipinski definition) is 6. The van der Waals surface area contributed by atoms with Gasteiger partial charge < -0.3 is 26.1 Å². The molecule has 0 unspecified atom stereocenters. The molecule has 0 atom stereocenters. The van der Waals surface area contributed by atoms with Crippen molar-refractivity contribution >= 4 is 28.5 Å². The van der Waals surface area contributed by atoms with Gasteiger partial charge in [0.1, 0.15) is 5.84 Å². The first-order valence-electron chi connectivity index (χ1n) is 7.48. The summed E-state index contributed by atoms with van der Waals surface area (Å²) in [5, 5.41) is 0. The molecular weight excluding hydrogens is 282 g/mol. The van der Waals surface area contributed by atoms with Gasteiger partial charge >= 0.3 is 0 Å². The first kappa shape index (κ1) is 14.6. The number of nitrogen functional groups attached to an aromatic ring is 1. The average molecular weight is 303 g/mol. The maximum Gasteiger partial charge on any atom is 0.180 e. The first-order valence-corrected chi connectivity index (χ1v) is 7.48. The zero-order valence-electron chi connectivity index (χ0n) is 12.7. The quantitative estimate of drug-likeness (QED) is 0.559. The fraction of sp³-hybridized carbons (Fsp3) is 0.500. The van der Waals surface area contributed by atoms with Crippen molar-refractivity contribution in [3.8, 4) is 0 Å². The summed E-state index contributed by atoms with van der Waals surface area (Å²) in [6.07, 6.45) is 2.52. The van der Waals surface area contributed by atoms with Gasteiger partial charge in [-0.3, -0.25) is 4.99 Å². The maximum absolute atomic E-state index is 6.36. The van der Waals surface area contributed by atoms with E-state index in [9.17, 15) is 0 Å². The van der Waals surface area contributed by atoms with Gasteiger partial charge in [0.2, 0.25) is 0 Å². The number of imidazole rings is 1. The van der Waals surface area contributed by atoms with E-state index in [1.54, 1.807) is 6.33 Å². The van der Waals surface area contributed by atoms with E-state index in [1.807, 2.05) is 0 Å². The van der Waals surface area contributed by atoms with E-state index in [2.05, 4.69) is 31.8 Å². The summed E-state index contributed by atoms with van der Waals surface area (Å²) in [4.78, 5) is 18.4. The number of aromatic nitrogens is 3. The Morgan fingerprint density at radius 1 is 1.45 bits per heavy atom. The summed E-state index contributed by atoms with van der Waals surface area (Å²) in [6, 6.07) is 0. The molecule has 1 aliphatic rings. The van der Waals surface area contributed by atoms with Crippen molar-refractivity contribution in [2.24, 2.45) is 10.7 Å². The molecule has 3 heterocycles. The van der Waals surface area contributed by atoms with Crippen molar-refractivity contribution < 1.29 is 4.74 Å². The van der Waals surface area contributed by atoms with Gasteiger partial charge in [-0.2, -0.15) is 0 Å². The van der Waals surface area contributed by atoms with Crippen molar-refractivity contribution in [2.45, 2.75) is 13.3 Å². The minimum Gasteiger partial charge on any atom is -0.395 e. The Morgan fingerprint density at radius 2 is 2.23 bits per heavy atom. The Hall–Kier alpha value is -2.35. The van der Waals surface area contributed by atoms with E-state index >= 15 is 0 Å². The lowest BCUT2D eigenvalue weighted by Crippen LogP contribution is -2.37. The van der Waals surface area contributed by atoms with Gasteiger partial charge in [0, 0.05) is 19.6 Å². The van der Waals surface area contributed by atoms with Crippen molar-refractivity contribution in [3.63, 3.8) is 0 Å². The second-order valence-corrected chi connectivity index (χ2v) is 5.19. The summed E-state index contributed by atoms with van der Waals surface area (Å²) in [5.41, 5.74) is 15.1. The van der Waals surface area contributed by atoms with Crippen LogP contribution in [0.15, 0.2) is 11.3 Å². The number of nitrogens with zero attached hydrogens (tertiary/aromatic N) is 4. The third-order valence-electron chi connectivity index (χ3n) is 3.66. The van der Waals surface area contributed by atoms with Crippen molar-refractivity contribution in [1.29, 1.82) is 0 Å². The fourth-order valence-electron chi connectivity index (χ4n) is 2.56. The number of rotatable bonds is 4. The largest absolute Gasteiger partial charge is 0.395 e. The van der Waals surface area contributed by atoms with Crippen molar-refractivity contribution in [3.05, 3.63) is 11.9 Å². The van der Waals surface area contributed by atoms with E-state index in [0.717, 1.165) is 25.0 Å². The Morgan fingerprint density at radius 3 is 2.95 bits per heavy atom.